The van der Waals surface area contributed by atoms with E-state index in [0.29, 0.717) is 5.92 Å². The van der Waals surface area contributed by atoms with Crippen LogP contribution >= 0.6 is 11.3 Å². The first-order chi connectivity index (χ1) is 10.8. The fourth-order valence-corrected chi connectivity index (χ4v) is 3.76. The Balaban J connectivity index is 1.47. The van der Waals surface area contributed by atoms with Crippen molar-refractivity contribution in [1.29, 1.82) is 0 Å². The standard InChI is InChI=1S/C18H22N2OS/c21-18(16-7-2-1-3-8-16)19-12-15-6-4-10-20(13-15)14-17-9-5-11-22-17/h1-3,5,7-9,11,15H,4,6,10,12-14H2,(H,19,21)/t15-/m1/s1. The predicted octanol–water partition coefficient (Wildman–Crippen LogP) is 3.39. The number of carbonyl (C=O) groups is 1. The Morgan fingerprint density at radius 2 is 2.09 bits per heavy atom. The van der Waals surface area contributed by atoms with Gasteiger partial charge in [0.2, 0.25) is 0 Å². The average Bonchev–Trinajstić information content (AvgIpc) is 3.07. The molecule has 2 aromatic rings. The number of thiophene rings is 1. The number of likely N-dealkylation sites (tertiary alicyclic amines) is 1. The lowest BCUT2D eigenvalue weighted by atomic mass is 9.98. The number of nitrogens with zero attached hydrogens (tertiary/aromatic N) is 1. The molecule has 0 radical (unpaired) electrons. The fourth-order valence-electron chi connectivity index (χ4n) is 3.01. The van der Waals surface area contributed by atoms with E-state index in [1.807, 2.05) is 41.7 Å². The van der Waals surface area contributed by atoms with Crippen LogP contribution in [0, 0.1) is 5.92 Å². The van der Waals surface area contributed by atoms with E-state index >= 15 is 0 Å². The maximum atomic E-state index is 12.1. The van der Waals surface area contributed by atoms with Crippen LogP contribution in [0.4, 0.5) is 0 Å². The molecule has 3 rings (SSSR count). The largest absolute Gasteiger partial charge is 0.352 e. The second-order valence-electron chi connectivity index (χ2n) is 5.90. The lowest BCUT2D eigenvalue weighted by Crippen LogP contribution is -2.40. The monoisotopic (exact) mass is 314 g/mol. The summed E-state index contributed by atoms with van der Waals surface area (Å²) in [6.07, 6.45) is 2.42. The zero-order valence-corrected chi connectivity index (χ0v) is 13.5. The van der Waals surface area contributed by atoms with Crippen molar-refractivity contribution in [3.8, 4) is 0 Å². The van der Waals surface area contributed by atoms with Crippen LogP contribution in [0.25, 0.3) is 0 Å². The third kappa shape index (κ3) is 4.18. The molecule has 0 bridgehead atoms. The summed E-state index contributed by atoms with van der Waals surface area (Å²) < 4.78 is 0. The van der Waals surface area contributed by atoms with Crippen molar-refractivity contribution in [3.63, 3.8) is 0 Å². The number of benzene rings is 1. The van der Waals surface area contributed by atoms with Crippen molar-refractivity contribution in [2.45, 2.75) is 19.4 Å². The first kappa shape index (κ1) is 15.3. The molecule has 3 nitrogen and oxygen atoms in total. The summed E-state index contributed by atoms with van der Waals surface area (Å²) in [5.41, 5.74) is 0.744. The van der Waals surface area contributed by atoms with Gasteiger partial charge in [-0.3, -0.25) is 9.69 Å². The molecule has 1 aliphatic heterocycles. The highest BCUT2D eigenvalue weighted by atomic mass is 32.1. The molecule has 1 saturated heterocycles. The van der Waals surface area contributed by atoms with E-state index in [2.05, 4.69) is 27.7 Å². The summed E-state index contributed by atoms with van der Waals surface area (Å²) in [4.78, 5) is 16.0. The Hall–Kier alpha value is -1.65. The quantitative estimate of drug-likeness (QED) is 0.917. The molecule has 0 aliphatic carbocycles. The van der Waals surface area contributed by atoms with Crippen LogP contribution in [-0.2, 0) is 6.54 Å². The summed E-state index contributed by atoms with van der Waals surface area (Å²) in [7, 11) is 0. The van der Waals surface area contributed by atoms with Crippen molar-refractivity contribution in [3.05, 3.63) is 58.3 Å². The Bertz CT molecular complexity index is 582. The third-order valence-electron chi connectivity index (χ3n) is 4.15. The van der Waals surface area contributed by atoms with Crippen LogP contribution in [0.1, 0.15) is 28.1 Å². The molecule has 1 N–H and O–H groups in total. The first-order valence-corrected chi connectivity index (χ1v) is 8.77. The van der Waals surface area contributed by atoms with Gasteiger partial charge in [-0.05, 0) is 48.9 Å². The van der Waals surface area contributed by atoms with Crippen molar-refractivity contribution in [1.82, 2.24) is 10.2 Å². The molecule has 1 amide bonds. The predicted molar refractivity (Wildman–Crippen MR) is 91.1 cm³/mol. The lowest BCUT2D eigenvalue weighted by molar-refractivity contribution is 0.0931. The van der Waals surface area contributed by atoms with Crippen molar-refractivity contribution < 1.29 is 4.79 Å². The van der Waals surface area contributed by atoms with Gasteiger partial charge >= 0.3 is 0 Å². The highest BCUT2D eigenvalue weighted by Gasteiger charge is 2.20. The Morgan fingerprint density at radius 3 is 2.86 bits per heavy atom. The van der Waals surface area contributed by atoms with Crippen molar-refractivity contribution >= 4 is 17.2 Å². The van der Waals surface area contributed by atoms with E-state index in [9.17, 15) is 4.79 Å². The fraction of sp³-hybridized carbons (Fsp3) is 0.389. The number of carbonyl (C=O) groups excluding carboxylic acids is 1. The SMILES string of the molecule is O=C(NC[C@H]1CCCN(Cc2cccs2)C1)c1ccccc1. The topological polar surface area (TPSA) is 32.3 Å². The van der Waals surface area contributed by atoms with Gasteiger partial charge < -0.3 is 5.32 Å². The Labute approximate surface area is 136 Å². The van der Waals surface area contributed by atoms with Crippen molar-refractivity contribution in [2.24, 2.45) is 5.92 Å². The molecular formula is C18H22N2OS. The van der Waals surface area contributed by atoms with Crippen LogP contribution in [0.15, 0.2) is 47.8 Å². The summed E-state index contributed by atoms with van der Waals surface area (Å²) in [5, 5.41) is 5.22. The summed E-state index contributed by atoms with van der Waals surface area (Å²) >= 11 is 1.82. The van der Waals surface area contributed by atoms with Gasteiger partial charge in [0, 0.05) is 30.1 Å². The van der Waals surface area contributed by atoms with Crippen LogP contribution < -0.4 is 5.32 Å². The second-order valence-corrected chi connectivity index (χ2v) is 6.93. The van der Waals surface area contributed by atoms with Gasteiger partial charge in [-0.1, -0.05) is 24.3 Å². The Morgan fingerprint density at radius 1 is 1.23 bits per heavy atom. The lowest BCUT2D eigenvalue weighted by Gasteiger charge is -2.32. The average molecular weight is 314 g/mol. The molecule has 0 spiro atoms. The molecule has 0 unspecified atom stereocenters. The molecule has 116 valence electrons. The zero-order valence-electron chi connectivity index (χ0n) is 12.7. The molecule has 1 aromatic heterocycles. The maximum absolute atomic E-state index is 12.1. The molecule has 22 heavy (non-hydrogen) atoms. The number of amides is 1. The molecular weight excluding hydrogens is 292 g/mol. The van der Waals surface area contributed by atoms with Crippen LogP contribution in [0.2, 0.25) is 0 Å². The van der Waals surface area contributed by atoms with Crippen molar-refractivity contribution in [2.75, 3.05) is 19.6 Å². The normalized spacial score (nSPS) is 19.0. The molecule has 1 fully saturated rings. The number of hydrogen-bond donors (Lipinski definition) is 1. The van der Waals surface area contributed by atoms with Gasteiger partial charge in [-0.2, -0.15) is 0 Å². The van der Waals surface area contributed by atoms with E-state index in [0.717, 1.165) is 25.2 Å². The van der Waals surface area contributed by atoms with E-state index < -0.39 is 0 Å². The van der Waals surface area contributed by atoms with E-state index in [1.54, 1.807) is 0 Å². The van der Waals surface area contributed by atoms with Gasteiger partial charge in [0.05, 0.1) is 0 Å². The first-order valence-electron chi connectivity index (χ1n) is 7.89. The summed E-state index contributed by atoms with van der Waals surface area (Å²) in [5.74, 6) is 0.595. The smallest absolute Gasteiger partial charge is 0.251 e. The summed E-state index contributed by atoms with van der Waals surface area (Å²) in [6, 6.07) is 13.8. The maximum Gasteiger partial charge on any atom is 0.251 e. The van der Waals surface area contributed by atoms with E-state index in [-0.39, 0.29) is 5.91 Å². The van der Waals surface area contributed by atoms with E-state index in [1.165, 1.54) is 24.3 Å². The van der Waals surface area contributed by atoms with Gasteiger partial charge in [-0.25, -0.2) is 0 Å². The van der Waals surface area contributed by atoms with Crippen LogP contribution in [0.3, 0.4) is 0 Å². The van der Waals surface area contributed by atoms with E-state index in [4.69, 9.17) is 0 Å². The number of piperidine rings is 1. The molecule has 0 saturated carbocycles. The molecule has 4 heteroatoms. The molecule has 2 heterocycles. The van der Waals surface area contributed by atoms with Gasteiger partial charge in [0.25, 0.3) is 5.91 Å². The Kier molecular flexibility index (Phi) is 5.24. The van der Waals surface area contributed by atoms with Gasteiger partial charge in [-0.15, -0.1) is 11.3 Å². The van der Waals surface area contributed by atoms with Gasteiger partial charge in [0.15, 0.2) is 0 Å². The molecule has 1 aliphatic rings. The number of nitrogens with one attached hydrogen (secondary N) is 1. The van der Waals surface area contributed by atoms with Crippen LogP contribution in [0.5, 0.6) is 0 Å². The number of rotatable bonds is 5. The highest BCUT2D eigenvalue weighted by molar-refractivity contribution is 7.09. The van der Waals surface area contributed by atoms with Crippen LogP contribution in [-0.4, -0.2) is 30.4 Å². The van der Waals surface area contributed by atoms with Gasteiger partial charge in [0.1, 0.15) is 0 Å². The minimum absolute atomic E-state index is 0.0379. The minimum atomic E-state index is 0.0379. The minimum Gasteiger partial charge on any atom is -0.352 e. The highest BCUT2D eigenvalue weighted by Crippen LogP contribution is 2.20. The number of hydrogen-bond acceptors (Lipinski definition) is 3. The zero-order chi connectivity index (χ0) is 15.2. The molecule has 1 atom stereocenters. The second kappa shape index (κ2) is 7.56. The molecule has 1 aromatic carbocycles. The summed E-state index contributed by atoms with van der Waals surface area (Å²) in [6.45, 7) is 4.06. The third-order valence-corrected chi connectivity index (χ3v) is 5.01.